The number of carbonyl (C=O) groups is 4. The Morgan fingerprint density at radius 1 is 0.759 bits per heavy atom. The number of hydrogen-bond acceptors (Lipinski definition) is 5. The quantitative estimate of drug-likeness (QED) is 0.120. The van der Waals surface area contributed by atoms with Crippen molar-refractivity contribution in [2.75, 3.05) is 30.3 Å². The molecule has 4 amide bonds. The summed E-state index contributed by atoms with van der Waals surface area (Å²) in [7, 11) is 0. The predicted molar refractivity (Wildman–Crippen MR) is 211 cm³/mol. The van der Waals surface area contributed by atoms with Crippen molar-refractivity contribution in [3.05, 3.63) is 132 Å². The number of amides is 4. The third-order valence-corrected chi connectivity index (χ3v) is 9.85. The van der Waals surface area contributed by atoms with Crippen LogP contribution in [0, 0.1) is 12.3 Å². The maximum atomic E-state index is 13.3. The molecule has 0 saturated carbocycles. The number of terminal acetylenes is 1. The van der Waals surface area contributed by atoms with Crippen molar-refractivity contribution in [2.24, 2.45) is 0 Å². The molecule has 1 aliphatic heterocycles. The Morgan fingerprint density at radius 3 is 1.85 bits per heavy atom. The number of benzene rings is 4. The molecule has 0 radical (unpaired) electrons. The van der Waals surface area contributed by atoms with Crippen LogP contribution in [0.2, 0.25) is 0 Å². The SMILES string of the molecule is C#CCCN(CC(=O)Nc1ccc(-c2ccc(-c3ccc(NC(=O)C4CCCN4C(=O)C(C)c4ccccc4)cc3)o2)cc1)C(=O)C(C)c1ccccc1. The van der Waals surface area contributed by atoms with Crippen molar-refractivity contribution in [3.8, 4) is 35.0 Å². The van der Waals surface area contributed by atoms with Gasteiger partial charge in [0.05, 0.1) is 18.4 Å². The van der Waals surface area contributed by atoms with E-state index >= 15 is 0 Å². The van der Waals surface area contributed by atoms with Crippen LogP contribution in [0.4, 0.5) is 11.4 Å². The Bertz CT molecular complexity index is 2100. The van der Waals surface area contributed by atoms with Gasteiger partial charge in [0.15, 0.2) is 0 Å². The van der Waals surface area contributed by atoms with Crippen molar-refractivity contribution >= 4 is 35.0 Å². The lowest BCUT2D eigenvalue weighted by atomic mass is 9.99. The normalized spacial score (nSPS) is 14.8. The zero-order valence-corrected chi connectivity index (χ0v) is 30.5. The second kappa shape index (κ2) is 17.4. The van der Waals surface area contributed by atoms with E-state index in [-0.39, 0.29) is 42.6 Å². The van der Waals surface area contributed by atoms with Gasteiger partial charge in [-0.1, -0.05) is 60.7 Å². The Kier molecular flexibility index (Phi) is 12.0. The smallest absolute Gasteiger partial charge is 0.247 e. The molecule has 3 unspecified atom stereocenters. The number of rotatable bonds is 13. The van der Waals surface area contributed by atoms with Crippen LogP contribution in [0.15, 0.2) is 126 Å². The van der Waals surface area contributed by atoms with E-state index in [1.54, 1.807) is 17.0 Å². The topological polar surface area (TPSA) is 112 Å². The summed E-state index contributed by atoms with van der Waals surface area (Å²) in [4.78, 5) is 56.1. The molecule has 274 valence electrons. The molecule has 1 aliphatic rings. The van der Waals surface area contributed by atoms with E-state index in [1.165, 1.54) is 4.90 Å². The monoisotopic (exact) mass is 720 g/mol. The number of furan rings is 1. The number of nitrogens with one attached hydrogen (secondary N) is 2. The Hall–Kier alpha value is -6.40. The molecule has 0 bridgehead atoms. The van der Waals surface area contributed by atoms with Gasteiger partial charge in [0.2, 0.25) is 23.6 Å². The second-order valence-electron chi connectivity index (χ2n) is 13.5. The van der Waals surface area contributed by atoms with Crippen LogP contribution in [0.3, 0.4) is 0 Å². The summed E-state index contributed by atoms with van der Waals surface area (Å²) < 4.78 is 6.17. The maximum Gasteiger partial charge on any atom is 0.247 e. The summed E-state index contributed by atoms with van der Waals surface area (Å²) in [5.74, 6) is 2.42. The van der Waals surface area contributed by atoms with Crippen LogP contribution in [-0.4, -0.2) is 59.1 Å². The first kappa shape index (κ1) is 37.4. The minimum atomic E-state index is -0.512. The van der Waals surface area contributed by atoms with E-state index in [4.69, 9.17) is 10.8 Å². The molecule has 0 spiro atoms. The Labute approximate surface area is 316 Å². The highest BCUT2D eigenvalue weighted by Crippen LogP contribution is 2.31. The summed E-state index contributed by atoms with van der Waals surface area (Å²) in [6.07, 6.45) is 7.22. The Morgan fingerprint density at radius 2 is 1.30 bits per heavy atom. The zero-order chi connectivity index (χ0) is 38.0. The van der Waals surface area contributed by atoms with Gasteiger partial charge < -0.3 is 24.9 Å². The fraction of sp³-hybridized carbons (Fsp3) is 0.244. The third kappa shape index (κ3) is 8.96. The number of carbonyl (C=O) groups excluding carboxylic acids is 4. The van der Waals surface area contributed by atoms with Gasteiger partial charge in [-0.2, -0.15) is 0 Å². The minimum Gasteiger partial charge on any atom is -0.456 e. The van der Waals surface area contributed by atoms with E-state index in [0.717, 1.165) is 28.7 Å². The van der Waals surface area contributed by atoms with Crippen molar-refractivity contribution in [3.63, 3.8) is 0 Å². The average Bonchev–Trinajstić information content (AvgIpc) is 3.91. The van der Waals surface area contributed by atoms with Crippen molar-refractivity contribution in [2.45, 2.75) is 51.0 Å². The van der Waals surface area contributed by atoms with Gasteiger partial charge in [-0.25, -0.2) is 0 Å². The van der Waals surface area contributed by atoms with E-state index in [2.05, 4.69) is 16.6 Å². The van der Waals surface area contributed by atoms with E-state index in [0.29, 0.717) is 42.3 Å². The molecule has 1 aromatic heterocycles. The molecule has 5 aromatic rings. The van der Waals surface area contributed by atoms with Gasteiger partial charge >= 0.3 is 0 Å². The maximum absolute atomic E-state index is 13.3. The summed E-state index contributed by atoms with van der Waals surface area (Å²) in [5, 5.41) is 5.88. The summed E-state index contributed by atoms with van der Waals surface area (Å²) in [6.45, 7) is 4.45. The molecule has 0 aliphatic carbocycles. The summed E-state index contributed by atoms with van der Waals surface area (Å²) in [6, 6.07) is 37.0. The van der Waals surface area contributed by atoms with Gasteiger partial charge in [0.1, 0.15) is 17.6 Å². The molecule has 9 heteroatoms. The molecular formula is C45H44N4O5. The van der Waals surface area contributed by atoms with Crippen LogP contribution in [-0.2, 0) is 19.2 Å². The number of anilines is 2. The highest BCUT2D eigenvalue weighted by Gasteiger charge is 2.36. The Balaban J connectivity index is 1.03. The molecular weight excluding hydrogens is 677 g/mol. The van der Waals surface area contributed by atoms with Gasteiger partial charge in [0.25, 0.3) is 0 Å². The lowest BCUT2D eigenvalue weighted by Crippen LogP contribution is -2.44. The van der Waals surface area contributed by atoms with Crippen LogP contribution in [0.5, 0.6) is 0 Å². The zero-order valence-electron chi connectivity index (χ0n) is 30.5. The molecule has 2 heterocycles. The lowest BCUT2D eigenvalue weighted by Gasteiger charge is -2.27. The molecule has 4 aromatic carbocycles. The standard InChI is InChI=1S/C45H44N4O5/c1-4-5-28-48(44(52)31(2)33-13-8-6-9-14-33)30-42(50)46-37-22-18-35(19-23-37)40-26-27-41(54-40)36-20-24-38(25-21-36)47-43(51)39-17-12-29-49(39)45(53)32(3)34-15-10-7-11-16-34/h1,6-11,13-16,18-27,31-32,39H,5,12,17,28-30H2,2-3H3,(H,46,50)(H,47,51). The highest BCUT2D eigenvalue weighted by molar-refractivity contribution is 5.99. The molecule has 3 atom stereocenters. The van der Waals surface area contributed by atoms with E-state index in [9.17, 15) is 19.2 Å². The first-order valence-corrected chi connectivity index (χ1v) is 18.3. The fourth-order valence-corrected chi connectivity index (χ4v) is 6.74. The lowest BCUT2D eigenvalue weighted by molar-refractivity contribution is -0.137. The van der Waals surface area contributed by atoms with Crippen LogP contribution in [0.1, 0.15) is 56.1 Å². The van der Waals surface area contributed by atoms with Gasteiger partial charge in [-0.15, -0.1) is 12.3 Å². The number of hydrogen-bond donors (Lipinski definition) is 2. The fourth-order valence-electron chi connectivity index (χ4n) is 6.74. The van der Waals surface area contributed by atoms with Gasteiger partial charge in [-0.3, -0.25) is 19.2 Å². The van der Waals surface area contributed by atoms with Gasteiger partial charge in [-0.05, 0) is 98.5 Å². The van der Waals surface area contributed by atoms with Gasteiger partial charge in [0, 0.05) is 42.0 Å². The largest absolute Gasteiger partial charge is 0.456 e. The third-order valence-electron chi connectivity index (χ3n) is 9.85. The molecule has 2 N–H and O–H groups in total. The summed E-state index contributed by atoms with van der Waals surface area (Å²) >= 11 is 0. The molecule has 1 fully saturated rings. The van der Waals surface area contributed by atoms with Crippen molar-refractivity contribution in [1.29, 1.82) is 0 Å². The van der Waals surface area contributed by atoms with Crippen LogP contribution < -0.4 is 10.6 Å². The number of nitrogens with zero attached hydrogens (tertiary/aromatic N) is 2. The first-order chi connectivity index (χ1) is 26.2. The molecule has 1 saturated heterocycles. The van der Waals surface area contributed by atoms with Crippen molar-refractivity contribution < 1.29 is 23.6 Å². The predicted octanol–water partition coefficient (Wildman–Crippen LogP) is 7.94. The summed E-state index contributed by atoms with van der Waals surface area (Å²) in [5.41, 5.74) is 4.70. The van der Waals surface area contributed by atoms with Crippen molar-refractivity contribution in [1.82, 2.24) is 9.80 Å². The van der Waals surface area contributed by atoms with Crippen LogP contribution >= 0.6 is 0 Å². The van der Waals surface area contributed by atoms with E-state index in [1.807, 2.05) is 123 Å². The van der Waals surface area contributed by atoms with Crippen LogP contribution in [0.25, 0.3) is 22.6 Å². The average molecular weight is 721 g/mol. The molecule has 9 nitrogen and oxygen atoms in total. The highest BCUT2D eigenvalue weighted by atomic mass is 16.3. The molecule has 54 heavy (non-hydrogen) atoms. The van der Waals surface area contributed by atoms with E-state index < -0.39 is 12.0 Å². The minimum absolute atomic E-state index is 0.0388. The second-order valence-corrected chi connectivity index (χ2v) is 13.5. The first-order valence-electron chi connectivity index (χ1n) is 18.3. The number of likely N-dealkylation sites (tertiary alicyclic amines) is 1. The molecule has 6 rings (SSSR count).